The fourth-order valence-electron chi connectivity index (χ4n) is 1.44. The third-order valence-corrected chi connectivity index (χ3v) is 2.66. The summed E-state index contributed by atoms with van der Waals surface area (Å²) in [4.78, 5) is 12.8. The first-order chi connectivity index (χ1) is 7.42. The highest BCUT2D eigenvalue weighted by atomic mass is 32.2. The van der Waals surface area contributed by atoms with Gasteiger partial charge in [0.1, 0.15) is 6.61 Å². The third kappa shape index (κ3) is 4.19. The Balaban J connectivity index is 2.40. The molecule has 1 aliphatic heterocycles. The molecular weight excluding hydrogens is 234 g/mol. The van der Waals surface area contributed by atoms with Crippen molar-refractivity contribution in [1.82, 2.24) is 4.90 Å². The van der Waals surface area contributed by atoms with Gasteiger partial charge >= 0.3 is 6.09 Å². The van der Waals surface area contributed by atoms with Gasteiger partial charge in [0.25, 0.3) is 10.1 Å². The molecule has 0 aromatic heterocycles. The van der Waals surface area contributed by atoms with Crippen molar-refractivity contribution in [1.29, 1.82) is 0 Å². The van der Waals surface area contributed by atoms with Gasteiger partial charge in [0, 0.05) is 6.54 Å². The summed E-state index contributed by atoms with van der Waals surface area (Å²) in [6.45, 7) is 4.25. The molecule has 0 bridgehead atoms. The van der Waals surface area contributed by atoms with E-state index in [0.717, 1.165) is 6.26 Å². The minimum absolute atomic E-state index is 0.146. The van der Waals surface area contributed by atoms with Crippen molar-refractivity contribution in [3.05, 3.63) is 12.7 Å². The lowest BCUT2D eigenvalue weighted by atomic mass is 10.3. The molecule has 0 saturated carbocycles. The third-order valence-electron chi connectivity index (χ3n) is 2.04. The van der Waals surface area contributed by atoms with Crippen molar-refractivity contribution in [3.63, 3.8) is 0 Å². The van der Waals surface area contributed by atoms with Crippen molar-refractivity contribution in [2.75, 3.05) is 26.0 Å². The summed E-state index contributed by atoms with van der Waals surface area (Å²) in [6, 6.07) is 0. The Morgan fingerprint density at radius 3 is 2.88 bits per heavy atom. The zero-order valence-electron chi connectivity index (χ0n) is 9.09. The minimum atomic E-state index is -3.47. The number of rotatable bonds is 4. The SMILES string of the molecule is C=CCOC(=O)N1CC[C@H](OS(C)(=O)=O)C1. The minimum Gasteiger partial charge on any atom is -0.445 e. The van der Waals surface area contributed by atoms with Gasteiger partial charge in [0.15, 0.2) is 0 Å². The van der Waals surface area contributed by atoms with Crippen LogP contribution in [0.1, 0.15) is 6.42 Å². The Labute approximate surface area is 94.9 Å². The van der Waals surface area contributed by atoms with E-state index in [9.17, 15) is 13.2 Å². The van der Waals surface area contributed by atoms with Crippen molar-refractivity contribution in [2.24, 2.45) is 0 Å². The van der Waals surface area contributed by atoms with Crippen LogP contribution in [0.2, 0.25) is 0 Å². The fourth-order valence-corrected chi connectivity index (χ4v) is 2.09. The van der Waals surface area contributed by atoms with Crippen LogP contribution >= 0.6 is 0 Å². The van der Waals surface area contributed by atoms with E-state index in [0.29, 0.717) is 13.0 Å². The Bertz CT molecular complexity index is 364. The van der Waals surface area contributed by atoms with E-state index >= 15 is 0 Å². The van der Waals surface area contributed by atoms with E-state index in [1.54, 1.807) is 0 Å². The van der Waals surface area contributed by atoms with Crippen LogP contribution in [0.25, 0.3) is 0 Å². The van der Waals surface area contributed by atoms with E-state index < -0.39 is 22.3 Å². The molecule has 0 spiro atoms. The fraction of sp³-hybridized carbons (Fsp3) is 0.667. The average molecular weight is 249 g/mol. The summed E-state index contributed by atoms with van der Waals surface area (Å²) < 4.78 is 31.3. The van der Waals surface area contributed by atoms with Gasteiger partial charge in [-0.15, -0.1) is 0 Å². The highest BCUT2D eigenvalue weighted by Crippen LogP contribution is 2.15. The molecule has 1 amide bonds. The molecule has 6 nitrogen and oxygen atoms in total. The van der Waals surface area contributed by atoms with Gasteiger partial charge in [-0.2, -0.15) is 8.42 Å². The lowest BCUT2D eigenvalue weighted by molar-refractivity contribution is 0.115. The number of carbonyl (C=O) groups is 1. The molecule has 0 aromatic rings. The summed E-state index contributed by atoms with van der Waals surface area (Å²) in [5.74, 6) is 0. The van der Waals surface area contributed by atoms with Crippen molar-refractivity contribution < 1.29 is 22.1 Å². The van der Waals surface area contributed by atoms with Crippen LogP contribution in [0.15, 0.2) is 12.7 Å². The maximum Gasteiger partial charge on any atom is 0.410 e. The van der Waals surface area contributed by atoms with Gasteiger partial charge < -0.3 is 9.64 Å². The predicted octanol–water partition coefficient (Wildman–Crippen LogP) is 0.359. The van der Waals surface area contributed by atoms with E-state index in [1.165, 1.54) is 11.0 Å². The standard InChI is InChI=1S/C9H15NO5S/c1-3-6-14-9(11)10-5-4-8(7-10)15-16(2,12)13/h3,8H,1,4-7H2,2H3/t8-/m0/s1. The number of amides is 1. The average Bonchev–Trinajstić information content (AvgIpc) is 2.59. The lowest BCUT2D eigenvalue weighted by Crippen LogP contribution is -2.31. The smallest absolute Gasteiger partial charge is 0.410 e. The molecule has 0 N–H and O–H groups in total. The Hall–Kier alpha value is -1.08. The number of likely N-dealkylation sites (tertiary alicyclic amines) is 1. The van der Waals surface area contributed by atoms with Gasteiger partial charge in [-0.25, -0.2) is 4.79 Å². The van der Waals surface area contributed by atoms with Crippen LogP contribution < -0.4 is 0 Å². The number of hydrogen-bond donors (Lipinski definition) is 0. The number of hydrogen-bond acceptors (Lipinski definition) is 5. The molecule has 92 valence electrons. The maximum atomic E-state index is 11.4. The van der Waals surface area contributed by atoms with E-state index in [2.05, 4.69) is 6.58 Å². The molecule has 1 fully saturated rings. The first kappa shape index (κ1) is 13.0. The molecule has 16 heavy (non-hydrogen) atoms. The van der Waals surface area contributed by atoms with Crippen LogP contribution in [-0.4, -0.2) is 51.5 Å². The molecule has 0 radical (unpaired) electrons. The van der Waals surface area contributed by atoms with Gasteiger partial charge in [-0.05, 0) is 6.42 Å². The summed E-state index contributed by atoms with van der Waals surface area (Å²) in [6.07, 6.45) is 2.02. The van der Waals surface area contributed by atoms with Crippen LogP contribution in [-0.2, 0) is 19.0 Å². The Morgan fingerprint density at radius 2 is 2.31 bits per heavy atom. The zero-order chi connectivity index (χ0) is 12.2. The second-order valence-corrected chi connectivity index (χ2v) is 5.12. The van der Waals surface area contributed by atoms with Crippen molar-refractivity contribution >= 4 is 16.2 Å². The molecule has 0 aromatic carbocycles. The van der Waals surface area contributed by atoms with Gasteiger partial charge in [-0.1, -0.05) is 12.7 Å². The molecule has 1 atom stereocenters. The molecule has 0 aliphatic carbocycles. The summed E-state index contributed by atoms with van der Waals surface area (Å²) in [5.41, 5.74) is 0. The van der Waals surface area contributed by atoms with Gasteiger partial charge in [0.05, 0.1) is 18.9 Å². The summed E-state index contributed by atoms with van der Waals surface area (Å²) in [5, 5.41) is 0. The normalized spacial score (nSPS) is 20.8. The van der Waals surface area contributed by atoms with Crippen LogP contribution in [0.4, 0.5) is 4.79 Å². The van der Waals surface area contributed by atoms with Crippen molar-refractivity contribution in [2.45, 2.75) is 12.5 Å². The molecule has 0 unspecified atom stereocenters. The first-order valence-electron chi connectivity index (χ1n) is 4.83. The van der Waals surface area contributed by atoms with Gasteiger partial charge in [-0.3, -0.25) is 4.18 Å². The monoisotopic (exact) mass is 249 g/mol. The van der Waals surface area contributed by atoms with Crippen LogP contribution in [0, 0.1) is 0 Å². The molecule has 1 saturated heterocycles. The Kier molecular flexibility index (Phi) is 4.31. The number of ether oxygens (including phenoxy) is 1. The maximum absolute atomic E-state index is 11.4. The molecule has 7 heteroatoms. The quantitative estimate of drug-likeness (QED) is 0.531. The largest absolute Gasteiger partial charge is 0.445 e. The number of nitrogens with zero attached hydrogens (tertiary/aromatic N) is 1. The first-order valence-corrected chi connectivity index (χ1v) is 6.65. The molecule has 1 rings (SSSR count). The van der Waals surface area contributed by atoms with Gasteiger partial charge in [0.2, 0.25) is 0 Å². The topological polar surface area (TPSA) is 72.9 Å². The van der Waals surface area contributed by atoms with E-state index in [-0.39, 0.29) is 13.2 Å². The second kappa shape index (κ2) is 5.31. The highest BCUT2D eigenvalue weighted by molar-refractivity contribution is 7.86. The van der Waals surface area contributed by atoms with E-state index in [4.69, 9.17) is 8.92 Å². The highest BCUT2D eigenvalue weighted by Gasteiger charge is 2.29. The summed E-state index contributed by atoms with van der Waals surface area (Å²) >= 11 is 0. The lowest BCUT2D eigenvalue weighted by Gasteiger charge is -2.15. The Morgan fingerprint density at radius 1 is 1.62 bits per heavy atom. The zero-order valence-corrected chi connectivity index (χ0v) is 9.90. The summed E-state index contributed by atoms with van der Waals surface area (Å²) in [7, 11) is -3.47. The van der Waals surface area contributed by atoms with Crippen LogP contribution in [0.5, 0.6) is 0 Å². The number of carbonyl (C=O) groups excluding carboxylic acids is 1. The molecule has 1 aliphatic rings. The van der Waals surface area contributed by atoms with E-state index in [1.807, 2.05) is 0 Å². The van der Waals surface area contributed by atoms with Crippen LogP contribution in [0.3, 0.4) is 0 Å². The molecular formula is C9H15NO5S. The predicted molar refractivity (Wildman–Crippen MR) is 57.5 cm³/mol. The second-order valence-electron chi connectivity index (χ2n) is 3.52. The van der Waals surface area contributed by atoms with Crippen molar-refractivity contribution in [3.8, 4) is 0 Å². The molecule has 1 heterocycles.